The van der Waals surface area contributed by atoms with Crippen molar-refractivity contribution in [3.05, 3.63) is 35.9 Å². The van der Waals surface area contributed by atoms with E-state index in [0.29, 0.717) is 32.5 Å². The van der Waals surface area contributed by atoms with Gasteiger partial charge in [-0.3, -0.25) is 14.5 Å². The summed E-state index contributed by atoms with van der Waals surface area (Å²) in [6.45, 7) is 1.43. The summed E-state index contributed by atoms with van der Waals surface area (Å²) in [6, 6.07) is 9.64. The van der Waals surface area contributed by atoms with Crippen molar-refractivity contribution in [1.29, 1.82) is 0 Å². The van der Waals surface area contributed by atoms with Crippen LogP contribution < -0.4 is 11.1 Å². The maximum atomic E-state index is 12.9. The summed E-state index contributed by atoms with van der Waals surface area (Å²) in [5.41, 5.74) is 6.34. The molecule has 1 saturated carbocycles. The molecule has 1 aliphatic carbocycles. The molecule has 28 heavy (non-hydrogen) atoms. The van der Waals surface area contributed by atoms with Crippen LogP contribution in [0.1, 0.15) is 43.6 Å². The van der Waals surface area contributed by atoms with Crippen molar-refractivity contribution in [1.82, 2.24) is 15.1 Å². The average molecular weight is 384 g/mol. The molecule has 2 atom stereocenters. The summed E-state index contributed by atoms with van der Waals surface area (Å²) < 4.78 is 0. The number of hydrogen-bond acceptors (Lipinski definition) is 4. The number of amides is 4. The summed E-state index contributed by atoms with van der Waals surface area (Å²) in [5.74, 6) is -0.0601. The van der Waals surface area contributed by atoms with Gasteiger partial charge in [0.2, 0.25) is 5.91 Å². The van der Waals surface area contributed by atoms with Crippen molar-refractivity contribution in [3.8, 4) is 0 Å². The average Bonchev–Trinajstić information content (AvgIpc) is 3.25. The molecule has 2 saturated heterocycles. The van der Waals surface area contributed by atoms with E-state index in [1.807, 2.05) is 18.2 Å². The van der Waals surface area contributed by atoms with Crippen LogP contribution in [0.15, 0.2) is 30.3 Å². The lowest BCUT2D eigenvalue weighted by Gasteiger charge is -2.30. The lowest BCUT2D eigenvalue weighted by atomic mass is 9.82. The van der Waals surface area contributed by atoms with Crippen LogP contribution >= 0.6 is 0 Å². The maximum Gasteiger partial charge on any atom is 0.325 e. The van der Waals surface area contributed by atoms with Gasteiger partial charge in [-0.15, -0.1) is 0 Å². The lowest BCUT2D eigenvalue weighted by Crippen LogP contribution is -2.49. The quantitative estimate of drug-likeness (QED) is 0.768. The zero-order chi connectivity index (χ0) is 19.7. The van der Waals surface area contributed by atoms with Gasteiger partial charge in [0.15, 0.2) is 0 Å². The molecule has 3 fully saturated rings. The van der Waals surface area contributed by atoms with Gasteiger partial charge in [0, 0.05) is 19.0 Å². The summed E-state index contributed by atoms with van der Waals surface area (Å²) in [5, 5.41) is 2.87. The smallest absolute Gasteiger partial charge is 0.325 e. The number of nitrogens with one attached hydrogen (secondary N) is 1. The minimum absolute atomic E-state index is 0.180. The third-order valence-corrected chi connectivity index (χ3v) is 6.57. The monoisotopic (exact) mass is 384 g/mol. The first kappa shape index (κ1) is 18.9. The molecule has 1 spiro atoms. The molecule has 1 aromatic carbocycles. The summed E-state index contributed by atoms with van der Waals surface area (Å²) in [6.07, 6.45) is 4.27. The molecule has 4 rings (SSSR count). The first-order chi connectivity index (χ1) is 13.5. The molecule has 7 nitrogen and oxygen atoms in total. The number of imide groups is 1. The normalized spacial score (nSPS) is 26.8. The number of likely N-dealkylation sites (tertiary alicyclic amines) is 1. The Bertz CT molecular complexity index is 760. The molecule has 2 heterocycles. The van der Waals surface area contributed by atoms with Crippen LogP contribution in [0, 0.1) is 5.92 Å². The van der Waals surface area contributed by atoms with E-state index in [1.54, 1.807) is 4.90 Å². The number of urea groups is 1. The van der Waals surface area contributed by atoms with Gasteiger partial charge in [0.05, 0.1) is 0 Å². The van der Waals surface area contributed by atoms with Gasteiger partial charge < -0.3 is 16.0 Å². The molecule has 0 radical (unpaired) electrons. The molecule has 7 heteroatoms. The van der Waals surface area contributed by atoms with Crippen molar-refractivity contribution in [2.75, 3.05) is 26.2 Å². The fourth-order valence-corrected chi connectivity index (χ4v) is 4.94. The van der Waals surface area contributed by atoms with E-state index in [9.17, 15) is 14.4 Å². The highest BCUT2D eigenvalue weighted by Crippen LogP contribution is 2.35. The molecule has 0 bridgehead atoms. The molecular weight excluding hydrogens is 356 g/mol. The first-order valence-electron chi connectivity index (χ1n) is 10.2. The number of carbonyl (C=O) groups is 3. The van der Waals surface area contributed by atoms with E-state index in [1.165, 1.54) is 5.56 Å². The molecule has 0 unspecified atom stereocenters. The van der Waals surface area contributed by atoms with Crippen molar-refractivity contribution >= 4 is 17.8 Å². The van der Waals surface area contributed by atoms with Crippen molar-refractivity contribution in [3.63, 3.8) is 0 Å². The fourth-order valence-electron chi connectivity index (χ4n) is 4.94. The maximum absolute atomic E-state index is 12.9. The number of benzene rings is 1. The first-order valence-corrected chi connectivity index (χ1v) is 10.2. The third-order valence-electron chi connectivity index (χ3n) is 6.57. The highest BCUT2D eigenvalue weighted by Gasteiger charge is 2.52. The Hall–Kier alpha value is -2.41. The number of nitrogens with zero attached hydrogens (tertiary/aromatic N) is 2. The molecule has 0 aromatic heterocycles. The van der Waals surface area contributed by atoms with E-state index >= 15 is 0 Å². The summed E-state index contributed by atoms with van der Waals surface area (Å²) in [7, 11) is 0. The standard InChI is InChI=1S/C21H28N4O3/c22-11-16-12-24(13-17(16)15-7-3-1-4-8-15)18(26)14-25-19(27)21(23-20(25)28)9-5-2-6-10-21/h1,3-4,7-8,16-17H,2,5-6,9-14,22H2,(H,23,28)/t16-,17+/m1/s1. The van der Waals surface area contributed by atoms with Gasteiger partial charge >= 0.3 is 6.03 Å². The fraction of sp³-hybridized carbons (Fsp3) is 0.571. The molecule has 4 amide bonds. The molecule has 3 N–H and O–H groups in total. The van der Waals surface area contributed by atoms with Crippen LogP contribution in [-0.4, -0.2) is 59.4 Å². The van der Waals surface area contributed by atoms with Gasteiger partial charge in [-0.2, -0.15) is 0 Å². The lowest BCUT2D eigenvalue weighted by molar-refractivity contribution is -0.139. The number of rotatable bonds is 4. The number of nitrogens with two attached hydrogens (primary N) is 1. The van der Waals surface area contributed by atoms with Crippen LogP contribution in [0.2, 0.25) is 0 Å². The second-order valence-corrected chi connectivity index (χ2v) is 8.28. The number of carbonyl (C=O) groups excluding carboxylic acids is 3. The van der Waals surface area contributed by atoms with Crippen molar-refractivity contribution in [2.45, 2.75) is 43.6 Å². The predicted molar refractivity (Wildman–Crippen MR) is 104 cm³/mol. The minimum Gasteiger partial charge on any atom is -0.340 e. The van der Waals surface area contributed by atoms with Crippen LogP contribution in [0.5, 0.6) is 0 Å². The topological polar surface area (TPSA) is 95.7 Å². The Labute approximate surface area is 165 Å². The van der Waals surface area contributed by atoms with E-state index in [4.69, 9.17) is 5.73 Å². The summed E-state index contributed by atoms with van der Waals surface area (Å²) in [4.78, 5) is 41.1. The molecule has 1 aromatic rings. The van der Waals surface area contributed by atoms with Crippen LogP contribution in [0.25, 0.3) is 0 Å². The molecular formula is C21H28N4O3. The van der Waals surface area contributed by atoms with E-state index < -0.39 is 11.6 Å². The van der Waals surface area contributed by atoms with Crippen LogP contribution in [0.3, 0.4) is 0 Å². The molecule has 150 valence electrons. The van der Waals surface area contributed by atoms with Crippen molar-refractivity contribution in [2.24, 2.45) is 11.7 Å². The predicted octanol–water partition coefficient (Wildman–Crippen LogP) is 1.44. The van der Waals surface area contributed by atoms with Crippen LogP contribution in [0.4, 0.5) is 4.79 Å². The van der Waals surface area contributed by atoms with Gasteiger partial charge in [-0.05, 0) is 30.9 Å². The highest BCUT2D eigenvalue weighted by molar-refractivity contribution is 6.09. The van der Waals surface area contributed by atoms with E-state index in [2.05, 4.69) is 17.4 Å². The van der Waals surface area contributed by atoms with Crippen molar-refractivity contribution < 1.29 is 14.4 Å². The Morgan fingerprint density at radius 1 is 1.11 bits per heavy atom. The highest BCUT2D eigenvalue weighted by atomic mass is 16.2. The van der Waals surface area contributed by atoms with Gasteiger partial charge in [-0.25, -0.2) is 4.79 Å². The Morgan fingerprint density at radius 2 is 1.82 bits per heavy atom. The Balaban J connectivity index is 1.44. The number of hydrogen-bond donors (Lipinski definition) is 2. The van der Waals surface area contributed by atoms with Gasteiger partial charge in [0.1, 0.15) is 12.1 Å². The Kier molecular flexibility index (Phi) is 5.10. The second-order valence-electron chi connectivity index (χ2n) is 8.28. The Morgan fingerprint density at radius 3 is 2.50 bits per heavy atom. The minimum atomic E-state index is -0.785. The van der Waals surface area contributed by atoms with E-state index in [0.717, 1.165) is 24.2 Å². The zero-order valence-corrected chi connectivity index (χ0v) is 16.1. The SMILES string of the molecule is NC[C@@H]1CN(C(=O)CN2C(=O)NC3(CCCCC3)C2=O)C[C@H]1c1ccccc1. The van der Waals surface area contributed by atoms with E-state index in [-0.39, 0.29) is 30.2 Å². The second kappa shape index (κ2) is 7.54. The van der Waals surface area contributed by atoms with Crippen LogP contribution in [-0.2, 0) is 9.59 Å². The zero-order valence-electron chi connectivity index (χ0n) is 16.1. The third kappa shape index (κ3) is 3.28. The van der Waals surface area contributed by atoms with Gasteiger partial charge in [-0.1, -0.05) is 49.6 Å². The largest absolute Gasteiger partial charge is 0.340 e. The molecule has 2 aliphatic heterocycles. The van der Waals surface area contributed by atoms with Gasteiger partial charge in [0.25, 0.3) is 5.91 Å². The molecule has 3 aliphatic rings. The summed E-state index contributed by atoms with van der Waals surface area (Å²) >= 11 is 0.